The molecule has 0 saturated heterocycles. The van der Waals surface area contributed by atoms with E-state index in [0.29, 0.717) is 10.3 Å². The number of carbonyl (C=O) groups excluding carboxylic acids is 1. The van der Waals surface area contributed by atoms with Crippen molar-refractivity contribution in [2.75, 3.05) is 14.2 Å². The molecule has 2 aromatic rings. The standard InChI is InChI=1S/C19H21N3O6/c1-5-9-20-17(24)21(10-6-2)19(26)22(18(20)25)12-15(23)14-11-13(27-3)7-8-16(14)28-4/h5-8,11H,1-2,9-10,12H2,3-4H3. The first kappa shape index (κ1) is 20.7. The number of hydrogen-bond acceptors (Lipinski definition) is 6. The van der Waals surface area contributed by atoms with Crippen LogP contribution in [0.25, 0.3) is 0 Å². The third-order valence-corrected chi connectivity index (χ3v) is 4.02. The van der Waals surface area contributed by atoms with Gasteiger partial charge in [-0.15, -0.1) is 13.2 Å². The number of aromatic nitrogens is 3. The van der Waals surface area contributed by atoms with Gasteiger partial charge in [-0.1, -0.05) is 12.2 Å². The summed E-state index contributed by atoms with van der Waals surface area (Å²) in [5.41, 5.74) is -2.45. The van der Waals surface area contributed by atoms with Gasteiger partial charge in [0, 0.05) is 0 Å². The first-order valence-corrected chi connectivity index (χ1v) is 8.31. The molecule has 9 nitrogen and oxygen atoms in total. The number of carbonyl (C=O) groups is 1. The summed E-state index contributed by atoms with van der Waals surface area (Å²) in [5, 5.41) is 0. The molecule has 0 aliphatic heterocycles. The zero-order valence-electron chi connectivity index (χ0n) is 15.7. The van der Waals surface area contributed by atoms with Crippen molar-refractivity contribution in [3.63, 3.8) is 0 Å². The Kier molecular flexibility index (Phi) is 6.54. The van der Waals surface area contributed by atoms with Crippen molar-refractivity contribution in [2.24, 2.45) is 0 Å². The molecule has 1 heterocycles. The van der Waals surface area contributed by atoms with Crippen LogP contribution in [0.2, 0.25) is 0 Å². The molecule has 1 aromatic carbocycles. The van der Waals surface area contributed by atoms with Crippen molar-refractivity contribution >= 4 is 5.78 Å². The molecule has 0 amide bonds. The van der Waals surface area contributed by atoms with Crippen molar-refractivity contribution in [3.05, 3.63) is 80.5 Å². The molecule has 1 aromatic heterocycles. The molecule has 2 rings (SSSR count). The lowest BCUT2D eigenvalue weighted by molar-refractivity contribution is 0.0963. The molecule has 9 heteroatoms. The van der Waals surface area contributed by atoms with E-state index in [1.54, 1.807) is 12.1 Å². The van der Waals surface area contributed by atoms with E-state index in [-0.39, 0.29) is 24.4 Å². The lowest BCUT2D eigenvalue weighted by Gasteiger charge is -2.13. The normalized spacial score (nSPS) is 10.4. The van der Waals surface area contributed by atoms with Gasteiger partial charge < -0.3 is 9.47 Å². The fraction of sp³-hybridized carbons (Fsp3) is 0.263. The van der Waals surface area contributed by atoms with Crippen molar-refractivity contribution in [1.82, 2.24) is 13.7 Å². The average molecular weight is 387 g/mol. The lowest BCUT2D eigenvalue weighted by Crippen LogP contribution is -2.55. The van der Waals surface area contributed by atoms with Gasteiger partial charge in [-0.05, 0) is 18.2 Å². The number of benzene rings is 1. The van der Waals surface area contributed by atoms with E-state index in [1.165, 1.54) is 32.4 Å². The summed E-state index contributed by atoms with van der Waals surface area (Å²) in [5.74, 6) is 0.130. The molecule has 0 aliphatic rings. The van der Waals surface area contributed by atoms with E-state index in [9.17, 15) is 19.2 Å². The Morgan fingerprint density at radius 3 is 1.93 bits per heavy atom. The maximum atomic E-state index is 12.8. The van der Waals surface area contributed by atoms with Crippen molar-refractivity contribution in [2.45, 2.75) is 19.6 Å². The second-order valence-corrected chi connectivity index (χ2v) is 5.72. The Morgan fingerprint density at radius 2 is 1.46 bits per heavy atom. The summed E-state index contributed by atoms with van der Waals surface area (Å²) in [4.78, 5) is 50.5. The van der Waals surface area contributed by atoms with Crippen LogP contribution in [0.4, 0.5) is 0 Å². The number of allylic oxidation sites excluding steroid dienone is 2. The molecule has 0 fully saturated rings. The van der Waals surface area contributed by atoms with Crippen LogP contribution < -0.4 is 26.5 Å². The van der Waals surface area contributed by atoms with Crippen LogP contribution in [0.15, 0.2) is 57.9 Å². The molecule has 0 aliphatic carbocycles. The Morgan fingerprint density at radius 1 is 0.929 bits per heavy atom. The first-order valence-electron chi connectivity index (χ1n) is 8.31. The molecule has 0 saturated carbocycles. The third kappa shape index (κ3) is 3.88. The molecular formula is C19H21N3O6. The predicted molar refractivity (Wildman–Crippen MR) is 103 cm³/mol. The maximum absolute atomic E-state index is 12.8. The summed E-state index contributed by atoms with van der Waals surface area (Å²) in [6.07, 6.45) is 2.70. The van der Waals surface area contributed by atoms with Crippen molar-refractivity contribution < 1.29 is 14.3 Å². The van der Waals surface area contributed by atoms with Crippen LogP contribution in [-0.2, 0) is 19.6 Å². The molecule has 148 valence electrons. The van der Waals surface area contributed by atoms with Gasteiger partial charge in [0.25, 0.3) is 0 Å². The van der Waals surface area contributed by atoms with Crippen LogP contribution in [-0.4, -0.2) is 33.7 Å². The predicted octanol–water partition coefficient (Wildman–Crippen LogP) is 0.444. The van der Waals surface area contributed by atoms with Crippen molar-refractivity contribution in [3.8, 4) is 11.5 Å². The highest BCUT2D eigenvalue weighted by atomic mass is 16.5. The number of hydrogen-bond donors (Lipinski definition) is 0. The van der Waals surface area contributed by atoms with Gasteiger partial charge in [0.15, 0.2) is 5.78 Å². The van der Waals surface area contributed by atoms with Gasteiger partial charge >= 0.3 is 17.1 Å². The third-order valence-electron chi connectivity index (χ3n) is 4.02. The highest BCUT2D eigenvalue weighted by molar-refractivity contribution is 5.98. The van der Waals surface area contributed by atoms with Gasteiger partial charge in [0.2, 0.25) is 0 Å². The molecular weight excluding hydrogens is 366 g/mol. The minimum atomic E-state index is -0.898. The summed E-state index contributed by atoms with van der Waals surface area (Å²) < 4.78 is 12.6. The molecule has 0 bridgehead atoms. The van der Waals surface area contributed by atoms with Gasteiger partial charge in [-0.25, -0.2) is 28.1 Å². The second kappa shape index (κ2) is 8.85. The fourth-order valence-corrected chi connectivity index (χ4v) is 2.65. The smallest absolute Gasteiger partial charge is 0.337 e. The molecule has 0 N–H and O–H groups in total. The van der Waals surface area contributed by atoms with Gasteiger partial charge in [0.1, 0.15) is 11.5 Å². The van der Waals surface area contributed by atoms with Crippen LogP contribution in [0.5, 0.6) is 11.5 Å². The number of methoxy groups -OCH3 is 2. The minimum absolute atomic E-state index is 0.105. The molecule has 28 heavy (non-hydrogen) atoms. The Labute approximate surface area is 160 Å². The second-order valence-electron chi connectivity index (χ2n) is 5.72. The minimum Gasteiger partial charge on any atom is -0.497 e. The van der Waals surface area contributed by atoms with Crippen molar-refractivity contribution in [1.29, 1.82) is 0 Å². The Balaban J connectivity index is 2.63. The average Bonchev–Trinajstić information content (AvgIpc) is 2.71. The highest BCUT2D eigenvalue weighted by Crippen LogP contribution is 2.24. The summed E-state index contributed by atoms with van der Waals surface area (Å²) in [7, 11) is 2.84. The fourth-order valence-electron chi connectivity index (χ4n) is 2.65. The van der Waals surface area contributed by atoms with E-state index in [4.69, 9.17) is 9.47 Å². The molecule has 0 spiro atoms. The maximum Gasteiger partial charge on any atom is 0.337 e. The Bertz CT molecular complexity index is 1040. The van der Waals surface area contributed by atoms with E-state index in [2.05, 4.69) is 13.2 Å². The zero-order valence-corrected chi connectivity index (χ0v) is 15.7. The molecule has 0 unspecified atom stereocenters. The summed E-state index contributed by atoms with van der Waals surface area (Å²) in [6.45, 7) is 6.22. The van der Waals surface area contributed by atoms with Gasteiger partial charge in [-0.2, -0.15) is 0 Å². The van der Waals surface area contributed by atoms with E-state index in [0.717, 1.165) is 9.13 Å². The van der Waals surface area contributed by atoms with Gasteiger partial charge in [0.05, 0.1) is 39.4 Å². The molecule has 0 radical (unpaired) electrons. The quantitative estimate of drug-likeness (QED) is 0.457. The van der Waals surface area contributed by atoms with E-state index in [1.807, 2.05) is 0 Å². The number of ketones is 1. The van der Waals surface area contributed by atoms with Crippen LogP contribution >= 0.6 is 0 Å². The summed E-state index contributed by atoms with van der Waals surface area (Å²) in [6, 6.07) is 4.61. The van der Waals surface area contributed by atoms with E-state index < -0.39 is 29.4 Å². The lowest BCUT2D eigenvalue weighted by atomic mass is 10.1. The highest BCUT2D eigenvalue weighted by Gasteiger charge is 2.20. The largest absolute Gasteiger partial charge is 0.497 e. The van der Waals surface area contributed by atoms with Crippen LogP contribution in [0.3, 0.4) is 0 Å². The molecule has 0 atom stereocenters. The van der Waals surface area contributed by atoms with E-state index >= 15 is 0 Å². The SMILES string of the molecule is C=CCn1c(=O)n(CC=C)c(=O)n(CC(=O)c2cc(OC)ccc2OC)c1=O. The van der Waals surface area contributed by atoms with Crippen LogP contribution in [0, 0.1) is 0 Å². The summed E-state index contributed by atoms with van der Waals surface area (Å²) >= 11 is 0. The Hall–Kier alpha value is -3.62. The number of rotatable bonds is 9. The monoisotopic (exact) mass is 387 g/mol. The first-order chi connectivity index (χ1) is 13.4. The number of nitrogens with zero attached hydrogens (tertiary/aromatic N) is 3. The van der Waals surface area contributed by atoms with Gasteiger partial charge in [-0.3, -0.25) is 4.79 Å². The van der Waals surface area contributed by atoms with Crippen LogP contribution in [0.1, 0.15) is 10.4 Å². The number of ether oxygens (including phenoxy) is 2. The number of Topliss-reactive ketones (excluding diaryl/α,β-unsaturated/α-hetero) is 1. The zero-order chi connectivity index (χ0) is 20.8. The topological polar surface area (TPSA) is 102 Å².